The highest BCUT2D eigenvalue weighted by molar-refractivity contribution is 5.73. The van der Waals surface area contributed by atoms with Crippen LogP contribution in [0, 0.1) is 53.5 Å². The van der Waals surface area contributed by atoms with Crippen molar-refractivity contribution < 1.29 is 48.3 Å². The van der Waals surface area contributed by atoms with E-state index in [0.29, 0.717) is 6.92 Å². The van der Waals surface area contributed by atoms with E-state index in [2.05, 4.69) is 5.32 Å². The molecular formula is C26H14F11N. The molecule has 0 heterocycles. The van der Waals surface area contributed by atoms with Gasteiger partial charge < -0.3 is 5.32 Å². The zero-order chi connectivity index (χ0) is 28.4. The van der Waals surface area contributed by atoms with E-state index in [1.807, 2.05) is 60.7 Å². The Bertz CT molecular complexity index is 1380. The molecule has 0 aliphatic carbocycles. The number of hydrogen-bond donors (Lipinski definition) is 1. The van der Waals surface area contributed by atoms with Gasteiger partial charge in [0.05, 0.1) is 5.56 Å². The van der Waals surface area contributed by atoms with E-state index in [9.17, 15) is 48.3 Å². The van der Waals surface area contributed by atoms with Gasteiger partial charge in [-0.15, -0.1) is 0 Å². The zero-order valence-electron chi connectivity index (χ0n) is 18.9. The molecule has 0 radical (unpaired) electrons. The summed E-state index contributed by atoms with van der Waals surface area (Å²) in [4.78, 5) is 0. The molecule has 0 atom stereocenters. The minimum atomic E-state index is -5.83. The van der Waals surface area contributed by atoms with Crippen LogP contribution in [-0.4, -0.2) is 0 Å². The first-order valence-electron chi connectivity index (χ1n) is 10.4. The summed E-state index contributed by atoms with van der Waals surface area (Å²) >= 11 is 0. The molecule has 0 amide bonds. The quantitative estimate of drug-likeness (QED) is 0.153. The SMILES string of the molecule is Cc1c(F)c(F)c(F)c(C(F)(F)F)c1-c1c(F)c(F)c(F)c(F)c1F.c1ccc(Nc2ccccc2)cc1. The number of anilines is 2. The molecule has 1 nitrogen and oxygen atoms in total. The molecule has 4 aromatic rings. The topological polar surface area (TPSA) is 12.0 Å². The van der Waals surface area contributed by atoms with Crippen LogP contribution in [0.4, 0.5) is 59.7 Å². The van der Waals surface area contributed by atoms with Crippen LogP contribution in [-0.2, 0) is 6.18 Å². The molecule has 0 aliphatic rings. The highest BCUT2D eigenvalue weighted by Gasteiger charge is 2.43. The zero-order valence-corrected chi connectivity index (χ0v) is 18.9. The standard InChI is InChI=1S/C14H3F11.C12H11N/c1-2-3(4-7(16)11(20)13(22)12(21)8(4)17)5(14(23,24)25)9(18)10(19)6(2)15;1-3-7-11(8-4-1)13-12-9-5-2-6-10-12/h1H3;1-10,13H. The van der Waals surface area contributed by atoms with E-state index in [4.69, 9.17) is 0 Å². The van der Waals surface area contributed by atoms with E-state index in [0.717, 1.165) is 11.4 Å². The summed E-state index contributed by atoms with van der Waals surface area (Å²) in [6, 6.07) is 20.3. The van der Waals surface area contributed by atoms with Crippen molar-refractivity contribution in [1.82, 2.24) is 0 Å². The van der Waals surface area contributed by atoms with Crippen molar-refractivity contribution in [1.29, 1.82) is 0 Å². The fraction of sp³-hybridized carbons (Fsp3) is 0.0769. The van der Waals surface area contributed by atoms with Gasteiger partial charge in [-0.3, -0.25) is 0 Å². The van der Waals surface area contributed by atoms with E-state index >= 15 is 0 Å². The summed E-state index contributed by atoms with van der Waals surface area (Å²) in [5.74, 6) is -21.2. The van der Waals surface area contributed by atoms with Gasteiger partial charge in [-0.05, 0) is 36.8 Å². The van der Waals surface area contributed by atoms with Crippen molar-refractivity contribution >= 4 is 11.4 Å². The van der Waals surface area contributed by atoms with Gasteiger partial charge in [-0.25, -0.2) is 35.1 Å². The smallest absolute Gasteiger partial charge is 0.356 e. The van der Waals surface area contributed by atoms with Crippen LogP contribution in [0.2, 0.25) is 0 Å². The summed E-state index contributed by atoms with van der Waals surface area (Å²) in [5.41, 5.74) is -6.21. The Kier molecular flexibility index (Phi) is 8.33. The van der Waals surface area contributed by atoms with Gasteiger partial charge in [-0.2, -0.15) is 13.2 Å². The summed E-state index contributed by atoms with van der Waals surface area (Å²) < 4.78 is 146. The Morgan fingerprint density at radius 3 is 1.24 bits per heavy atom. The molecule has 0 unspecified atom stereocenters. The van der Waals surface area contributed by atoms with Crippen LogP contribution in [0.1, 0.15) is 11.1 Å². The maximum absolute atomic E-state index is 13.8. The molecule has 0 aromatic heterocycles. The summed E-state index contributed by atoms with van der Waals surface area (Å²) in [6.07, 6.45) is -5.83. The van der Waals surface area contributed by atoms with E-state index < -0.39 is 75.0 Å². The predicted molar refractivity (Wildman–Crippen MR) is 117 cm³/mol. The highest BCUT2D eigenvalue weighted by Crippen LogP contribution is 2.45. The molecule has 0 fully saturated rings. The van der Waals surface area contributed by atoms with E-state index in [-0.39, 0.29) is 0 Å². The number of para-hydroxylation sites is 2. The highest BCUT2D eigenvalue weighted by atomic mass is 19.4. The second-order valence-corrected chi connectivity index (χ2v) is 7.62. The summed E-state index contributed by atoms with van der Waals surface area (Å²) in [7, 11) is 0. The first kappa shape index (κ1) is 28.5. The van der Waals surface area contributed by atoms with Gasteiger partial charge in [0.2, 0.25) is 5.82 Å². The van der Waals surface area contributed by atoms with Gasteiger partial charge in [0, 0.05) is 16.9 Å². The Balaban J connectivity index is 0.000000256. The number of rotatable bonds is 3. The van der Waals surface area contributed by atoms with Crippen LogP contribution in [0.15, 0.2) is 60.7 Å². The van der Waals surface area contributed by atoms with Crippen molar-refractivity contribution in [2.45, 2.75) is 13.1 Å². The van der Waals surface area contributed by atoms with Crippen molar-refractivity contribution in [3.63, 3.8) is 0 Å². The lowest BCUT2D eigenvalue weighted by atomic mass is 9.92. The number of alkyl halides is 3. The lowest BCUT2D eigenvalue weighted by molar-refractivity contribution is -0.139. The lowest BCUT2D eigenvalue weighted by Crippen LogP contribution is -2.17. The Morgan fingerprint density at radius 2 is 0.842 bits per heavy atom. The molecule has 0 aliphatic heterocycles. The minimum absolute atomic E-state index is 0.362. The van der Waals surface area contributed by atoms with Gasteiger partial charge in [0.25, 0.3) is 0 Å². The van der Waals surface area contributed by atoms with Crippen LogP contribution >= 0.6 is 0 Å². The van der Waals surface area contributed by atoms with Crippen LogP contribution in [0.5, 0.6) is 0 Å². The third kappa shape index (κ3) is 5.58. The average Bonchev–Trinajstić information content (AvgIpc) is 2.89. The van der Waals surface area contributed by atoms with Crippen LogP contribution in [0.3, 0.4) is 0 Å². The average molecular weight is 549 g/mol. The number of hydrogen-bond acceptors (Lipinski definition) is 1. The molecule has 38 heavy (non-hydrogen) atoms. The van der Waals surface area contributed by atoms with Crippen LogP contribution in [0.25, 0.3) is 11.1 Å². The van der Waals surface area contributed by atoms with Gasteiger partial charge >= 0.3 is 6.18 Å². The summed E-state index contributed by atoms with van der Waals surface area (Å²) in [5, 5.41) is 3.30. The number of benzene rings is 4. The van der Waals surface area contributed by atoms with Gasteiger partial charge in [0.15, 0.2) is 40.7 Å². The molecule has 200 valence electrons. The number of nitrogens with one attached hydrogen (secondary N) is 1. The normalized spacial score (nSPS) is 11.2. The Labute approximate surface area is 208 Å². The minimum Gasteiger partial charge on any atom is -0.356 e. The molecule has 1 N–H and O–H groups in total. The molecule has 4 aromatic carbocycles. The molecule has 12 heteroatoms. The molecule has 0 spiro atoms. The second kappa shape index (κ2) is 11.1. The largest absolute Gasteiger partial charge is 0.419 e. The first-order valence-corrected chi connectivity index (χ1v) is 10.4. The summed E-state index contributed by atoms with van der Waals surface area (Å²) in [6.45, 7) is 0.362. The second-order valence-electron chi connectivity index (χ2n) is 7.62. The fourth-order valence-electron chi connectivity index (χ4n) is 3.39. The monoisotopic (exact) mass is 549 g/mol. The molecule has 0 saturated heterocycles. The lowest BCUT2D eigenvalue weighted by Gasteiger charge is -2.19. The fourth-order valence-corrected chi connectivity index (χ4v) is 3.39. The van der Waals surface area contributed by atoms with E-state index in [1.165, 1.54) is 0 Å². The molecule has 0 saturated carbocycles. The molecular weight excluding hydrogens is 535 g/mol. The Hall–Kier alpha value is -4.09. The van der Waals surface area contributed by atoms with Gasteiger partial charge in [0.1, 0.15) is 5.56 Å². The third-order valence-corrected chi connectivity index (χ3v) is 5.14. The van der Waals surface area contributed by atoms with Crippen molar-refractivity contribution in [2.24, 2.45) is 0 Å². The molecule has 4 rings (SSSR count). The Morgan fingerprint density at radius 1 is 0.474 bits per heavy atom. The van der Waals surface area contributed by atoms with Crippen molar-refractivity contribution in [3.05, 3.63) is 118 Å². The predicted octanol–water partition coefficient (Wildman–Crippen LogP) is 9.22. The number of halogens is 11. The third-order valence-electron chi connectivity index (χ3n) is 5.14. The van der Waals surface area contributed by atoms with Crippen molar-refractivity contribution in [3.8, 4) is 11.1 Å². The maximum atomic E-state index is 13.8. The first-order chi connectivity index (χ1) is 17.8. The maximum Gasteiger partial charge on any atom is 0.419 e. The van der Waals surface area contributed by atoms with Gasteiger partial charge in [-0.1, -0.05) is 36.4 Å². The molecule has 0 bridgehead atoms. The van der Waals surface area contributed by atoms with E-state index in [1.54, 1.807) is 0 Å². The van der Waals surface area contributed by atoms with Crippen LogP contribution < -0.4 is 5.32 Å². The van der Waals surface area contributed by atoms with Crippen molar-refractivity contribution in [2.75, 3.05) is 5.32 Å².